The fourth-order valence-electron chi connectivity index (χ4n) is 4.95. The second-order valence-electron chi connectivity index (χ2n) is 9.45. The van der Waals surface area contributed by atoms with Gasteiger partial charge in [0.05, 0.1) is 12.7 Å². The summed E-state index contributed by atoms with van der Waals surface area (Å²) in [6, 6.07) is 7.08. The maximum absolute atomic E-state index is 13.9. The van der Waals surface area contributed by atoms with E-state index in [-0.39, 0.29) is 29.8 Å². The Bertz CT molecular complexity index is 1320. The third-order valence-electron chi connectivity index (χ3n) is 7.01. The fraction of sp³-hybridized carbons (Fsp3) is 0.519. The lowest BCUT2D eigenvalue weighted by atomic mass is 9.94. The summed E-state index contributed by atoms with van der Waals surface area (Å²) in [5.41, 5.74) is -4.86. The molecule has 1 saturated carbocycles. The number of methoxy groups -OCH3 is 1. The molecule has 12 heteroatoms. The number of nitrogens with zero attached hydrogens (tertiary/aromatic N) is 2. The smallest absolute Gasteiger partial charge is 0.363 e. The zero-order valence-electron chi connectivity index (χ0n) is 21.3. The van der Waals surface area contributed by atoms with Crippen molar-refractivity contribution in [2.75, 3.05) is 20.3 Å². The predicted octanol–water partition coefficient (Wildman–Crippen LogP) is 3.35. The van der Waals surface area contributed by atoms with Gasteiger partial charge in [-0.25, -0.2) is 4.79 Å². The van der Waals surface area contributed by atoms with Crippen molar-refractivity contribution in [2.45, 2.75) is 68.9 Å². The average molecular weight is 551 g/mol. The van der Waals surface area contributed by atoms with Gasteiger partial charge >= 0.3 is 11.9 Å². The van der Waals surface area contributed by atoms with Crippen LogP contribution in [0.5, 0.6) is 0 Å². The molecule has 0 radical (unpaired) electrons. The summed E-state index contributed by atoms with van der Waals surface area (Å²) in [6.45, 7) is -0.148. The Balaban J connectivity index is 1.70. The molecule has 1 saturated heterocycles. The molecule has 1 aliphatic carbocycles. The van der Waals surface area contributed by atoms with Crippen molar-refractivity contribution < 1.29 is 36.9 Å². The molecule has 0 bridgehead atoms. The molecule has 2 aliphatic rings. The zero-order chi connectivity index (χ0) is 28.2. The summed E-state index contributed by atoms with van der Waals surface area (Å²) >= 11 is 0. The molecular weight excluding hydrogens is 521 g/mol. The van der Waals surface area contributed by atoms with Crippen molar-refractivity contribution in [1.82, 2.24) is 9.13 Å². The van der Waals surface area contributed by atoms with Crippen molar-refractivity contribution >= 4 is 5.91 Å². The van der Waals surface area contributed by atoms with Crippen LogP contribution in [0, 0.1) is 12.3 Å². The van der Waals surface area contributed by atoms with E-state index in [4.69, 9.17) is 25.4 Å². The number of halogens is 3. The minimum Gasteiger partial charge on any atom is -0.363 e. The Labute approximate surface area is 222 Å². The molecule has 0 spiro atoms. The van der Waals surface area contributed by atoms with Crippen LogP contribution in [0.1, 0.15) is 60.7 Å². The number of carbonyl (C=O) groups is 1. The quantitative estimate of drug-likeness (QED) is 0.367. The first-order chi connectivity index (χ1) is 18.6. The molecular formula is C27H29F3N2O7. The van der Waals surface area contributed by atoms with Crippen LogP contribution in [0.4, 0.5) is 13.2 Å². The molecule has 1 aliphatic heterocycles. The summed E-state index contributed by atoms with van der Waals surface area (Å²) in [4.78, 5) is 39.1. The molecule has 210 valence electrons. The Hall–Kier alpha value is -3.24. The summed E-state index contributed by atoms with van der Waals surface area (Å²) in [5.74, 6) is 0.314. The van der Waals surface area contributed by atoms with Gasteiger partial charge < -0.3 is 18.9 Å². The second-order valence-corrected chi connectivity index (χ2v) is 9.45. The van der Waals surface area contributed by atoms with Crippen LogP contribution in [0.3, 0.4) is 0 Å². The highest BCUT2D eigenvalue weighted by Crippen LogP contribution is 2.36. The van der Waals surface area contributed by atoms with Gasteiger partial charge in [-0.1, -0.05) is 30.5 Å². The minimum atomic E-state index is -5.14. The van der Waals surface area contributed by atoms with E-state index in [1.54, 1.807) is 13.2 Å². The highest BCUT2D eigenvalue weighted by Gasteiger charge is 2.43. The number of hydrogen-bond acceptors (Lipinski definition) is 7. The molecule has 39 heavy (non-hydrogen) atoms. The first-order valence-electron chi connectivity index (χ1n) is 12.5. The Kier molecular flexibility index (Phi) is 8.76. The zero-order valence-corrected chi connectivity index (χ0v) is 21.3. The van der Waals surface area contributed by atoms with Crippen molar-refractivity contribution in [2.24, 2.45) is 0 Å². The van der Waals surface area contributed by atoms with E-state index in [0.717, 1.165) is 19.3 Å². The van der Waals surface area contributed by atoms with Crippen LogP contribution >= 0.6 is 0 Å². The maximum Gasteiger partial charge on any atom is 0.423 e. The van der Waals surface area contributed by atoms with Crippen molar-refractivity contribution in [3.63, 3.8) is 0 Å². The normalized spacial score (nSPS) is 22.9. The number of alkyl halides is 3. The third kappa shape index (κ3) is 6.17. The molecule has 0 unspecified atom stereocenters. The van der Waals surface area contributed by atoms with Crippen LogP contribution in [0.15, 0.2) is 46.1 Å². The van der Waals surface area contributed by atoms with Gasteiger partial charge in [0.2, 0.25) is 0 Å². The van der Waals surface area contributed by atoms with E-state index in [1.807, 2.05) is 0 Å². The van der Waals surface area contributed by atoms with Gasteiger partial charge in [0.1, 0.15) is 24.5 Å². The van der Waals surface area contributed by atoms with Gasteiger partial charge in [-0.3, -0.25) is 14.2 Å². The van der Waals surface area contributed by atoms with E-state index in [2.05, 4.69) is 5.92 Å². The average Bonchev–Trinajstić information content (AvgIpc) is 3.33. The summed E-state index contributed by atoms with van der Waals surface area (Å²) in [5, 5.41) is 0. The fourth-order valence-corrected chi connectivity index (χ4v) is 4.95. The standard InChI is InChI=1S/C27H29F3N2O7/c1-3-14-37-20-15-22(39-21(20)17-38-26(36-2)12-8-5-9-13-26)31-16-19(27(28,29)30)24(34)32(25(31)35)23(33)18-10-6-4-7-11-18/h1,4,6-7,10-11,16,20-22H,5,8-9,12-15,17H2,2H3/t20-,21+,22+/m0/s1. The van der Waals surface area contributed by atoms with Crippen LogP contribution in [-0.2, 0) is 25.1 Å². The van der Waals surface area contributed by atoms with Gasteiger partial charge in [0.15, 0.2) is 5.79 Å². The van der Waals surface area contributed by atoms with Crippen LogP contribution in [-0.4, -0.2) is 53.4 Å². The van der Waals surface area contributed by atoms with E-state index in [9.17, 15) is 27.6 Å². The highest BCUT2D eigenvalue weighted by atomic mass is 19.4. The SMILES string of the molecule is C#CCO[C@H]1C[C@H](n2cc(C(F)(F)F)c(=O)n(C(=O)c3ccccc3)c2=O)O[C@@H]1COC1(OC)CCCCC1. The largest absolute Gasteiger partial charge is 0.423 e. The van der Waals surface area contributed by atoms with E-state index >= 15 is 0 Å². The summed E-state index contributed by atoms with van der Waals surface area (Å²) < 4.78 is 65.5. The molecule has 2 fully saturated rings. The second kappa shape index (κ2) is 11.9. The van der Waals surface area contributed by atoms with Crippen molar-refractivity contribution in [1.29, 1.82) is 0 Å². The lowest BCUT2D eigenvalue weighted by Gasteiger charge is -2.36. The van der Waals surface area contributed by atoms with Crippen molar-refractivity contribution in [3.8, 4) is 12.3 Å². The molecule has 3 atom stereocenters. The molecule has 9 nitrogen and oxygen atoms in total. The first-order valence-corrected chi connectivity index (χ1v) is 12.5. The minimum absolute atomic E-state index is 0.0232. The Morgan fingerprint density at radius 1 is 1.18 bits per heavy atom. The first kappa shape index (κ1) is 28.8. The third-order valence-corrected chi connectivity index (χ3v) is 7.01. The van der Waals surface area contributed by atoms with Gasteiger partial charge in [-0.2, -0.15) is 17.7 Å². The lowest BCUT2D eigenvalue weighted by molar-refractivity contribution is -0.253. The van der Waals surface area contributed by atoms with Gasteiger partial charge in [0, 0.05) is 38.1 Å². The van der Waals surface area contributed by atoms with Gasteiger partial charge in [0.25, 0.3) is 11.5 Å². The van der Waals surface area contributed by atoms with Crippen molar-refractivity contribution in [3.05, 3.63) is 68.5 Å². The number of hydrogen-bond donors (Lipinski definition) is 0. The molecule has 0 amide bonds. The molecule has 0 N–H and O–H groups in total. The maximum atomic E-state index is 13.9. The molecule has 1 aromatic carbocycles. The Morgan fingerprint density at radius 2 is 1.87 bits per heavy atom. The summed E-state index contributed by atoms with van der Waals surface area (Å²) in [7, 11) is 1.54. The van der Waals surface area contributed by atoms with E-state index < -0.39 is 53.1 Å². The van der Waals surface area contributed by atoms with Crippen LogP contribution in [0.2, 0.25) is 0 Å². The number of aromatic nitrogens is 2. The van der Waals surface area contributed by atoms with Crippen LogP contribution in [0.25, 0.3) is 0 Å². The van der Waals surface area contributed by atoms with E-state index in [0.29, 0.717) is 23.6 Å². The number of ether oxygens (including phenoxy) is 4. The molecule has 2 heterocycles. The number of terminal acetylenes is 1. The highest BCUT2D eigenvalue weighted by molar-refractivity contribution is 5.95. The van der Waals surface area contributed by atoms with E-state index in [1.165, 1.54) is 24.3 Å². The van der Waals surface area contributed by atoms with Gasteiger partial charge in [-0.05, 0) is 25.0 Å². The number of carbonyl (C=O) groups excluding carboxylic acids is 1. The lowest BCUT2D eigenvalue weighted by Crippen LogP contribution is -2.47. The number of benzene rings is 1. The van der Waals surface area contributed by atoms with Gasteiger partial charge in [-0.15, -0.1) is 6.42 Å². The molecule has 1 aromatic heterocycles. The summed E-state index contributed by atoms with van der Waals surface area (Å²) in [6.07, 6.45) is 1.82. The monoisotopic (exact) mass is 550 g/mol. The predicted molar refractivity (Wildman–Crippen MR) is 132 cm³/mol. The van der Waals surface area contributed by atoms with Crippen LogP contribution < -0.4 is 11.2 Å². The topological polar surface area (TPSA) is 98.0 Å². The molecule has 4 rings (SSSR count). The molecule has 2 aromatic rings. The number of rotatable bonds is 8. The Morgan fingerprint density at radius 3 is 2.49 bits per heavy atom.